The normalized spacial score (nSPS) is 12.4. The van der Waals surface area contributed by atoms with Crippen LogP contribution in [0, 0.1) is 5.82 Å². The molecule has 1 nitrogen and oxygen atoms in total. The van der Waals surface area contributed by atoms with E-state index >= 15 is 0 Å². The summed E-state index contributed by atoms with van der Waals surface area (Å²) < 4.78 is 13.1. The van der Waals surface area contributed by atoms with Gasteiger partial charge in [-0.2, -0.15) is 0 Å². The molecule has 2 rings (SSSR count). The lowest BCUT2D eigenvalue weighted by Crippen LogP contribution is -2.11. The average Bonchev–Trinajstić information content (AvgIpc) is 2.38. The second kappa shape index (κ2) is 5.34. The van der Waals surface area contributed by atoms with E-state index in [2.05, 4.69) is 0 Å². The second-order valence-corrected chi connectivity index (χ2v) is 4.69. The molecule has 0 aliphatic rings. The first-order valence-electron chi connectivity index (χ1n) is 5.35. The van der Waals surface area contributed by atoms with Crippen LogP contribution in [0.25, 0.3) is 0 Å². The fraction of sp³-hybridized carbons (Fsp3) is 0.143. The highest BCUT2D eigenvalue weighted by Gasteiger charge is 2.09. The number of halogens is 1. The van der Waals surface area contributed by atoms with Crippen LogP contribution in [0.1, 0.15) is 17.2 Å². The molecule has 0 amide bonds. The topological polar surface area (TPSA) is 26.0 Å². The molecule has 3 heteroatoms. The third-order valence-electron chi connectivity index (χ3n) is 2.68. The van der Waals surface area contributed by atoms with Crippen molar-refractivity contribution in [1.82, 2.24) is 0 Å². The van der Waals surface area contributed by atoms with Crippen molar-refractivity contribution >= 4 is 11.8 Å². The molecule has 1 atom stereocenters. The smallest absolute Gasteiger partial charge is 0.123 e. The Kier molecular flexibility index (Phi) is 3.82. The van der Waals surface area contributed by atoms with E-state index in [1.807, 2.05) is 36.6 Å². The van der Waals surface area contributed by atoms with Gasteiger partial charge in [0, 0.05) is 4.90 Å². The van der Waals surface area contributed by atoms with E-state index in [0.717, 1.165) is 11.1 Å². The van der Waals surface area contributed by atoms with Gasteiger partial charge < -0.3 is 5.73 Å². The Morgan fingerprint density at radius 2 is 1.76 bits per heavy atom. The molecule has 0 radical (unpaired) electrons. The molecule has 0 saturated heterocycles. The minimum Gasteiger partial charge on any atom is -0.320 e. The summed E-state index contributed by atoms with van der Waals surface area (Å²) in [4.78, 5) is 1.19. The lowest BCUT2D eigenvalue weighted by Gasteiger charge is -2.13. The molecule has 0 aromatic heterocycles. The highest BCUT2D eigenvalue weighted by atomic mass is 32.2. The van der Waals surface area contributed by atoms with Crippen molar-refractivity contribution in [2.24, 2.45) is 5.73 Å². The molecule has 0 aliphatic carbocycles. The van der Waals surface area contributed by atoms with Gasteiger partial charge in [-0.15, -0.1) is 11.8 Å². The van der Waals surface area contributed by atoms with Gasteiger partial charge in [-0.3, -0.25) is 0 Å². The van der Waals surface area contributed by atoms with Crippen LogP contribution in [0.3, 0.4) is 0 Å². The van der Waals surface area contributed by atoms with Gasteiger partial charge in [0.15, 0.2) is 0 Å². The van der Waals surface area contributed by atoms with Gasteiger partial charge >= 0.3 is 0 Å². The molecule has 2 aromatic carbocycles. The predicted molar refractivity (Wildman–Crippen MR) is 70.7 cm³/mol. The summed E-state index contributed by atoms with van der Waals surface area (Å²) in [6.07, 6.45) is 2.03. The second-order valence-electron chi connectivity index (χ2n) is 3.81. The lowest BCUT2D eigenvalue weighted by molar-refractivity contribution is 0.623. The van der Waals surface area contributed by atoms with Gasteiger partial charge in [-0.1, -0.05) is 24.3 Å². The van der Waals surface area contributed by atoms with Crippen molar-refractivity contribution in [3.05, 3.63) is 65.5 Å². The molecule has 0 fully saturated rings. The molecule has 0 aliphatic heterocycles. The molecule has 0 heterocycles. The molecule has 88 valence electrons. The maximum absolute atomic E-state index is 13.1. The van der Waals surface area contributed by atoms with Crippen LogP contribution in [0.2, 0.25) is 0 Å². The van der Waals surface area contributed by atoms with Gasteiger partial charge in [-0.05, 0) is 41.6 Å². The van der Waals surface area contributed by atoms with E-state index in [1.54, 1.807) is 17.8 Å². The lowest BCUT2D eigenvalue weighted by atomic mass is 10.00. The van der Waals surface area contributed by atoms with Crippen LogP contribution in [0.4, 0.5) is 4.39 Å². The van der Waals surface area contributed by atoms with Crippen molar-refractivity contribution in [1.29, 1.82) is 0 Å². The number of benzene rings is 2. The molecule has 0 spiro atoms. The quantitative estimate of drug-likeness (QED) is 0.839. The average molecular weight is 247 g/mol. The first-order valence-corrected chi connectivity index (χ1v) is 6.58. The van der Waals surface area contributed by atoms with Gasteiger partial charge in [-0.25, -0.2) is 4.39 Å². The molecule has 2 aromatic rings. The molecular weight excluding hydrogens is 233 g/mol. The van der Waals surface area contributed by atoms with Gasteiger partial charge in [0.05, 0.1) is 6.04 Å². The Morgan fingerprint density at radius 3 is 2.35 bits per heavy atom. The SMILES string of the molecule is CSc1ccc(C(N)c2cccc(F)c2)cc1. The van der Waals surface area contributed by atoms with Gasteiger partial charge in [0.25, 0.3) is 0 Å². The minimum atomic E-state index is -0.276. The fourth-order valence-electron chi connectivity index (χ4n) is 1.70. The zero-order chi connectivity index (χ0) is 12.3. The van der Waals surface area contributed by atoms with Crippen LogP contribution in [-0.2, 0) is 0 Å². The number of rotatable bonds is 3. The maximum atomic E-state index is 13.1. The Hall–Kier alpha value is -1.32. The largest absolute Gasteiger partial charge is 0.320 e. The summed E-state index contributed by atoms with van der Waals surface area (Å²) in [6.45, 7) is 0. The standard InChI is InChI=1S/C14H14FNS/c1-17-13-7-5-10(6-8-13)14(16)11-3-2-4-12(15)9-11/h2-9,14H,16H2,1H3. The monoisotopic (exact) mass is 247 g/mol. The summed E-state index contributed by atoms with van der Waals surface area (Å²) in [5, 5.41) is 0. The van der Waals surface area contributed by atoms with E-state index in [9.17, 15) is 4.39 Å². The molecule has 1 unspecified atom stereocenters. The third-order valence-corrected chi connectivity index (χ3v) is 3.43. The first-order chi connectivity index (χ1) is 8.20. The van der Waals surface area contributed by atoms with Gasteiger partial charge in [0.1, 0.15) is 5.82 Å². The Bertz CT molecular complexity index is 496. The summed E-state index contributed by atoms with van der Waals surface area (Å²) in [5.41, 5.74) is 7.89. The minimum absolute atomic E-state index is 0.251. The van der Waals surface area contributed by atoms with Crippen LogP contribution in [0.15, 0.2) is 53.4 Å². The Morgan fingerprint density at radius 1 is 1.06 bits per heavy atom. The zero-order valence-corrected chi connectivity index (χ0v) is 10.4. The third kappa shape index (κ3) is 2.87. The zero-order valence-electron chi connectivity index (χ0n) is 9.56. The highest BCUT2D eigenvalue weighted by molar-refractivity contribution is 7.98. The molecular formula is C14H14FNS. The van der Waals surface area contributed by atoms with E-state index in [4.69, 9.17) is 5.73 Å². The number of nitrogens with two attached hydrogens (primary N) is 1. The molecule has 0 saturated carbocycles. The van der Waals surface area contributed by atoms with Crippen LogP contribution in [0.5, 0.6) is 0 Å². The maximum Gasteiger partial charge on any atom is 0.123 e. The summed E-state index contributed by atoms with van der Waals surface area (Å²) in [5.74, 6) is -0.251. The number of thioether (sulfide) groups is 1. The number of hydrogen-bond acceptors (Lipinski definition) is 2. The summed E-state index contributed by atoms with van der Waals surface area (Å²) in [6, 6.07) is 14.2. The Balaban J connectivity index is 2.27. The fourth-order valence-corrected chi connectivity index (χ4v) is 2.11. The van der Waals surface area contributed by atoms with Gasteiger partial charge in [0.2, 0.25) is 0 Å². The molecule has 17 heavy (non-hydrogen) atoms. The summed E-state index contributed by atoms with van der Waals surface area (Å²) >= 11 is 1.69. The first kappa shape index (κ1) is 12.1. The highest BCUT2D eigenvalue weighted by Crippen LogP contribution is 2.22. The van der Waals surface area contributed by atoms with E-state index in [-0.39, 0.29) is 11.9 Å². The van der Waals surface area contributed by atoms with E-state index in [0.29, 0.717) is 0 Å². The molecule has 0 bridgehead atoms. The predicted octanol–water partition coefficient (Wildman–Crippen LogP) is 3.60. The van der Waals surface area contributed by atoms with Crippen LogP contribution in [-0.4, -0.2) is 6.26 Å². The summed E-state index contributed by atoms with van der Waals surface area (Å²) in [7, 11) is 0. The van der Waals surface area contributed by atoms with Crippen molar-refractivity contribution in [3.63, 3.8) is 0 Å². The van der Waals surface area contributed by atoms with Crippen LogP contribution >= 0.6 is 11.8 Å². The Labute approximate surface area is 105 Å². The molecule has 2 N–H and O–H groups in total. The van der Waals surface area contributed by atoms with E-state index in [1.165, 1.54) is 17.0 Å². The van der Waals surface area contributed by atoms with Crippen molar-refractivity contribution in [2.75, 3.05) is 6.26 Å². The van der Waals surface area contributed by atoms with Crippen molar-refractivity contribution in [3.8, 4) is 0 Å². The number of hydrogen-bond donors (Lipinski definition) is 1. The van der Waals surface area contributed by atoms with Crippen molar-refractivity contribution < 1.29 is 4.39 Å². The van der Waals surface area contributed by atoms with Crippen molar-refractivity contribution in [2.45, 2.75) is 10.9 Å². The van der Waals surface area contributed by atoms with E-state index < -0.39 is 0 Å². The van der Waals surface area contributed by atoms with Crippen LogP contribution < -0.4 is 5.73 Å².